The highest BCUT2D eigenvalue weighted by Crippen LogP contribution is 2.44. The molecule has 1 aliphatic heterocycles. The van der Waals surface area contributed by atoms with E-state index in [1.165, 1.54) is 12.5 Å². The van der Waals surface area contributed by atoms with Crippen LogP contribution >= 0.6 is 11.6 Å². The highest BCUT2D eigenvalue weighted by atomic mass is 35.5. The maximum Gasteiger partial charge on any atom is 0.227 e. The molecular formula is C26H23ClN4O3. The Bertz CT molecular complexity index is 1340. The molecule has 1 amide bonds. The fourth-order valence-electron chi connectivity index (χ4n) is 4.69. The van der Waals surface area contributed by atoms with Crippen molar-refractivity contribution in [3.05, 3.63) is 106 Å². The van der Waals surface area contributed by atoms with E-state index in [2.05, 4.69) is 15.0 Å². The van der Waals surface area contributed by atoms with E-state index in [1.54, 1.807) is 41.4 Å². The summed E-state index contributed by atoms with van der Waals surface area (Å²) in [7, 11) is 0. The molecule has 4 aromatic rings. The van der Waals surface area contributed by atoms with Crippen molar-refractivity contribution in [2.75, 3.05) is 11.4 Å². The predicted molar refractivity (Wildman–Crippen MR) is 129 cm³/mol. The highest BCUT2D eigenvalue weighted by Gasteiger charge is 2.39. The van der Waals surface area contributed by atoms with Crippen molar-refractivity contribution in [3.8, 4) is 5.75 Å². The number of imidazole rings is 1. The molecule has 7 nitrogen and oxygen atoms in total. The lowest BCUT2D eigenvalue weighted by Gasteiger charge is -2.35. The number of nitrogens with zero attached hydrogens (tertiary/aromatic N) is 3. The topological polar surface area (TPSA) is 102 Å². The van der Waals surface area contributed by atoms with Gasteiger partial charge in [-0.25, -0.2) is 4.98 Å². The van der Waals surface area contributed by atoms with Gasteiger partial charge in [-0.05, 0) is 60.0 Å². The van der Waals surface area contributed by atoms with Gasteiger partial charge in [-0.3, -0.25) is 9.78 Å². The maximum atomic E-state index is 12.9. The highest BCUT2D eigenvalue weighted by molar-refractivity contribution is 6.30. The molecule has 34 heavy (non-hydrogen) atoms. The first-order chi connectivity index (χ1) is 16.4. The Hall–Kier alpha value is -3.68. The molecule has 3 N–H and O–H groups in total. The van der Waals surface area contributed by atoms with Crippen molar-refractivity contribution < 1.29 is 15.0 Å². The van der Waals surface area contributed by atoms with Gasteiger partial charge in [-0.1, -0.05) is 29.8 Å². The van der Waals surface area contributed by atoms with Crippen LogP contribution in [0.5, 0.6) is 5.75 Å². The number of H-pyrrole nitrogens is 1. The Morgan fingerprint density at radius 3 is 2.65 bits per heavy atom. The number of pyridine rings is 1. The maximum absolute atomic E-state index is 12.9. The van der Waals surface area contributed by atoms with Crippen LogP contribution in [-0.2, 0) is 10.4 Å². The first kappa shape index (κ1) is 22.1. The molecule has 2 aromatic carbocycles. The molecule has 8 heteroatoms. The summed E-state index contributed by atoms with van der Waals surface area (Å²) < 4.78 is 0. The number of anilines is 1. The molecule has 1 aliphatic rings. The first-order valence-electron chi connectivity index (χ1n) is 11.0. The number of hydrogen-bond acceptors (Lipinski definition) is 5. The van der Waals surface area contributed by atoms with Crippen LogP contribution in [0.15, 0.2) is 73.3 Å². The molecule has 0 radical (unpaired) electrons. The Morgan fingerprint density at radius 2 is 1.97 bits per heavy atom. The van der Waals surface area contributed by atoms with Gasteiger partial charge in [0, 0.05) is 35.3 Å². The Morgan fingerprint density at radius 1 is 1.15 bits per heavy atom. The van der Waals surface area contributed by atoms with E-state index in [0.717, 1.165) is 11.3 Å². The number of rotatable bonds is 5. The van der Waals surface area contributed by atoms with Gasteiger partial charge < -0.3 is 20.1 Å². The molecule has 0 fully saturated rings. The Kier molecular flexibility index (Phi) is 5.59. The summed E-state index contributed by atoms with van der Waals surface area (Å²) in [4.78, 5) is 26.2. The van der Waals surface area contributed by atoms with Crippen molar-refractivity contribution in [3.63, 3.8) is 0 Å². The van der Waals surface area contributed by atoms with Crippen LogP contribution in [0.4, 0.5) is 5.69 Å². The van der Waals surface area contributed by atoms with Crippen molar-refractivity contribution >= 4 is 23.2 Å². The van der Waals surface area contributed by atoms with Crippen LogP contribution in [0.3, 0.4) is 0 Å². The second kappa shape index (κ2) is 8.59. The number of aromatic nitrogens is 3. The molecule has 2 aromatic heterocycles. The standard InChI is InChI=1S/C26H23ClN4O3/c1-2-31-23-9-6-17(11-21(23)20(12-25(31)33)22-8-7-19(32)13-29-22)26(34,24-14-28-15-30-24)16-4-3-5-18(27)10-16/h3-11,13-15,20,32,34H,2,12H2,1H3,(H,28,30). The molecule has 2 atom stereocenters. The molecular weight excluding hydrogens is 452 g/mol. The number of benzene rings is 2. The lowest BCUT2D eigenvalue weighted by Crippen LogP contribution is -2.37. The van der Waals surface area contributed by atoms with Gasteiger partial charge in [-0.2, -0.15) is 0 Å². The third kappa shape index (κ3) is 3.63. The number of fused-ring (bicyclic) bond motifs is 1. The molecule has 5 rings (SSSR count). The molecule has 2 unspecified atom stereocenters. The third-order valence-electron chi connectivity index (χ3n) is 6.37. The quantitative estimate of drug-likeness (QED) is 0.399. The summed E-state index contributed by atoms with van der Waals surface area (Å²) >= 11 is 6.28. The molecule has 0 saturated heterocycles. The number of carbonyl (C=O) groups is 1. The molecule has 172 valence electrons. The second-order valence-electron chi connectivity index (χ2n) is 8.30. The van der Waals surface area contributed by atoms with E-state index in [4.69, 9.17) is 11.6 Å². The monoisotopic (exact) mass is 474 g/mol. The largest absolute Gasteiger partial charge is 0.506 e. The van der Waals surface area contributed by atoms with Gasteiger partial charge in [0.25, 0.3) is 0 Å². The third-order valence-corrected chi connectivity index (χ3v) is 6.60. The normalized spacial score (nSPS) is 17.3. The minimum Gasteiger partial charge on any atom is -0.506 e. The molecule has 3 heterocycles. The van der Waals surface area contributed by atoms with Crippen molar-refractivity contribution in [1.82, 2.24) is 15.0 Å². The number of hydrogen-bond donors (Lipinski definition) is 3. The van der Waals surface area contributed by atoms with E-state index in [9.17, 15) is 15.0 Å². The number of amides is 1. The van der Waals surface area contributed by atoms with E-state index in [1.807, 2.05) is 31.2 Å². The summed E-state index contributed by atoms with van der Waals surface area (Å²) in [5.41, 5.74) is 2.45. The van der Waals surface area contributed by atoms with E-state index < -0.39 is 5.60 Å². The van der Waals surface area contributed by atoms with Crippen molar-refractivity contribution in [2.45, 2.75) is 24.9 Å². The zero-order valence-corrected chi connectivity index (χ0v) is 19.2. The number of nitrogens with one attached hydrogen (secondary N) is 1. The van der Waals surface area contributed by atoms with Crippen LogP contribution in [-0.4, -0.2) is 37.6 Å². The van der Waals surface area contributed by atoms with Crippen molar-refractivity contribution in [2.24, 2.45) is 0 Å². The molecule has 0 saturated carbocycles. The summed E-state index contributed by atoms with van der Waals surface area (Å²) in [5, 5.41) is 22.3. The lowest BCUT2D eigenvalue weighted by atomic mass is 9.79. The minimum atomic E-state index is -1.55. The number of carbonyl (C=O) groups excluding carboxylic acids is 1. The zero-order chi connectivity index (χ0) is 23.9. The average Bonchev–Trinajstić information content (AvgIpc) is 3.39. The van der Waals surface area contributed by atoms with E-state index >= 15 is 0 Å². The lowest BCUT2D eigenvalue weighted by molar-refractivity contribution is -0.119. The van der Waals surface area contributed by atoms with Crippen molar-refractivity contribution in [1.29, 1.82) is 0 Å². The van der Waals surface area contributed by atoms with E-state index in [0.29, 0.717) is 34.1 Å². The number of aromatic amines is 1. The number of aliphatic hydroxyl groups is 1. The van der Waals surface area contributed by atoms with Crippen LogP contribution in [0.1, 0.15) is 47.3 Å². The smallest absolute Gasteiger partial charge is 0.227 e. The van der Waals surface area contributed by atoms with Gasteiger partial charge in [-0.15, -0.1) is 0 Å². The van der Waals surface area contributed by atoms with Crippen LogP contribution in [0, 0.1) is 0 Å². The predicted octanol–water partition coefficient (Wildman–Crippen LogP) is 4.34. The van der Waals surface area contributed by atoms with Gasteiger partial charge in [0.2, 0.25) is 5.91 Å². The van der Waals surface area contributed by atoms with Gasteiger partial charge in [0.05, 0.1) is 24.4 Å². The summed E-state index contributed by atoms with van der Waals surface area (Å²) in [6.07, 6.45) is 4.72. The summed E-state index contributed by atoms with van der Waals surface area (Å²) in [5.74, 6) is -0.262. The Balaban J connectivity index is 1.72. The fraction of sp³-hybridized carbons (Fsp3) is 0.192. The number of halogens is 1. The van der Waals surface area contributed by atoms with Crippen LogP contribution in [0.2, 0.25) is 5.02 Å². The summed E-state index contributed by atoms with van der Waals surface area (Å²) in [6.45, 7) is 2.46. The molecule has 0 bridgehead atoms. The minimum absolute atomic E-state index is 0.00120. The van der Waals surface area contributed by atoms with E-state index in [-0.39, 0.29) is 24.0 Å². The fourth-order valence-corrected chi connectivity index (χ4v) is 4.88. The Labute approximate surface area is 201 Å². The van der Waals surface area contributed by atoms with Gasteiger partial charge in [0.15, 0.2) is 5.60 Å². The van der Waals surface area contributed by atoms with Gasteiger partial charge >= 0.3 is 0 Å². The molecule has 0 spiro atoms. The second-order valence-corrected chi connectivity index (χ2v) is 8.73. The SMILES string of the molecule is CCN1C(=O)CC(c2ccc(O)cn2)c2cc(C(O)(c3cccc(Cl)c3)c3cnc[nH]3)ccc21. The van der Waals surface area contributed by atoms with Crippen LogP contribution < -0.4 is 4.90 Å². The first-order valence-corrected chi connectivity index (χ1v) is 11.4. The molecule has 0 aliphatic carbocycles. The number of aromatic hydroxyl groups is 1. The summed E-state index contributed by atoms with van der Waals surface area (Å²) in [6, 6.07) is 16.0. The van der Waals surface area contributed by atoms with Gasteiger partial charge in [0.1, 0.15) is 5.75 Å². The van der Waals surface area contributed by atoms with Crippen LogP contribution in [0.25, 0.3) is 0 Å². The average molecular weight is 475 g/mol. The zero-order valence-electron chi connectivity index (χ0n) is 18.4.